The molecule has 176 valence electrons. The fraction of sp³-hybridized carbons (Fsp3) is 0.154. The Kier molecular flexibility index (Phi) is 5.82. The van der Waals surface area contributed by atoms with Crippen molar-refractivity contribution in [3.8, 4) is 11.1 Å². The zero-order valence-electron chi connectivity index (χ0n) is 18.7. The van der Waals surface area contributed by atoms with Gasteiger partial charge in [0.1, 0.15) is 17.5 Å². The summed E-state index contributed by atoms with van der Waals surface area (Å²) in [5, 5.41) is 9.41. The smallest absolute Gasteiger partial charge is 0.412 e. The van der Waals surface area contributed by atoms with E-state index in [0.29, 0.717) is 40.3 Å². The fourth-order valence-corrected chi connectivity index (χ4v) is 4.17. The molecule has 1 aliphatic rings. The molecule has 3 aromatic carbocycles. The third-order valence-electron chi connectivity index (χ3n) is 5.77. The summed E-state index contributed by atoms with van der Waals surface area (Å²) < 4.78 is 34.2. The van der Waals surface area contributed by atoms with Gasteiger partial charge in [-0.1, -0.05) is 24.3 Å². The van der Waals surface area contributed by atoms with Gasteiger partial charge in [-0.3, -0.25) is 10.1 Å². The molecular formula is C26H20F2N4O3. The number of carbonyl (C=O) groups excluding carboxylic acids is 1. The van der Waals surface area contributed by atoms with Crippen LogP contribution in [-0.4, -0.2) is 28.7 Å². The fourth-order valence-electron chi connectivity index (χ4n) is 4.17. The second-order valence-corrected chi connectivity index (χ2v) is 8.08. The summed E-state index contributed by atoms with van der Waals surface area (Å²) >= 11 is 0. The van der Waals surface area contributed by atoms with E-state index >= 15 is 0 Å². The van der Waals surface area contributed by atoms with Crippen LogP contribution in [0.3, 0.4) is 0 Å². The van der Waals surface area contributed by atoms with Gasteiger partial charge in [0.15, 0.2) is 0 Å². The number of rotatable bonds is 4. The number of nitrogens with zero attached hydrogens (tertiary/aromatic N) is 2. The summed E-state index contributed by atoms with van der Waals surface area (Å²) in [5.41, 5.74) is 3.06. The first-order valence-electron chi connectivity index (χ1n) is 11.0. The molecule has 35 heavy (non-hydrogen) atoms. The van der Waals surface area contributed by atoms with Gasteiger partial charge in [0.05, 0.1) is 23.4 Å². The molecular weight excluding hydrogens is 454 g/mol. The number of ether oxygens (including phenoxy) is 1. The number of H-pyrrole nitrogens is 1. The lowest BCUT2D eigenvalue weighted by atomic mass is 9.97. The molecule has 0 bridgehead atoms. The van der Waals surface area contributed by atoms with Crippen molar-refractivity contribution < 1.29 is 18.3 Å². The number of hydrogen-bond donors (Lipinski definition) is 2. The minimum atomic E-state index is -0.571. The van der Waals surface area contributed by atoms with E-state index in [1.807, 2.05) is 6.07 Å². The molecule has 0 fully saturated rings. The second-order valence-electron chi connectivity index (χ2n) is 8.08. The van der Waals surface area contributed by atoms with Crippen LogP contribution in [0.5, 0.6) is 0 Å². The number of benzene rings is 3. The molecule has 0 atom stereocenters. The molecule has 5 rings (SSSR count). The molecule has 0 saturated carbocycles. The van der Waals surface area contributed by atoms with Gasteiger partial charge in [0.2, 0.25) is 0 Å². The maximum atomic E-state index is 14.8. The Hall–Kier alpha value is -4.40. The SMILES string of the molecule is CCOC(=O)NC1=Nc2cc(-c3cc(Cc4n[nH]c(=O)c5cccc(F)c45)ccc3F)ccc2C1. The van der Waals surface area contributed by atoms with Crippen molar-refractivity contribution in [2.45, 2.75) is 19.8 Å². The number of aliphatic imine (C=N–C) groups is 1. The van der Waals surface area contributed by atoms with Crippen molar-refractivity contribution in [3.05, 3.63) is 93.4 Å². The minimum Gasteiger partial charge on any atom is -0.450 e. The Balaban J connectivity index is 1.47. The van der Waals surface area contributed by atoms with Crippen LogP contribution in [0.15, 0.2) is 64.4 Å². The number of hydrogen-bond acceptors (Lipinski definition) is 5. The molecule has 0 saturated heterocycles. The Morgan fingerprint density at radius 1 is 1.11 bits per heavy atom. The van der Waals surface area contributed by atoms with E-state index in [4.69, 9.17) is 4.74 Å². The monoisotopic (exact) mass is 474 g/mol. The Morgan fingerprint density at radius 2 is 1.97 bits per heavy atom. The minimum absolute atomic E-state index is 0.149. The number of nitrogens with one attached hydrogen (secondary N) is 2. The lowest BCUT2D eigenvalue weighted by Gasteiger charge is -2.10. The topological polar surface area (TPSA) is 96.4 Å². The molecule has 1 aromatic heterocycles. The predicted molar refractivity (Wildman–Crippen MR) is 128 cm³/mol. The second kappa shape index (κ2) is 9.09. The normalized spacial score (nSPS) is 12.4. The number of amidine groups is 1. The first kappa shape index (κ1) is 22.4. The van der Waals surface area contributed by atoms with Crippen LogP contribution in [0.25, 0.3) is 21.9 Å². The average molecular weight is 474 g/mol. The van der Waals surface area contributed by atoms with Gasteiger partial charge in [-0.05, 0) is 53.9 Å². The summed E-state index contributed by atoms with van der Waals surface area (Å²) in [6.07, 6.45) is 0.0592. The van der Waals surface area contributed by atoms with E-state index in [1.165, 1.54) is 24.3 Å². The Bertz CT molecular complexity index is 1560. The Morgan fingerprint density at radius 3 is 2.80 bits per heavy atom. The lowest BCUT2D eigenvalue weighted by Crippen LogP contribution is -2.30. The van der Waals surface area contributed by atoms with Crippen molar-refractivity contribution in [1.29, 1.82) is 0 Å². The van der Waals surface area contributed by atoms with E-state index in [2.05, 4.69) is 20.5 Å². The average Bonchev–Trinajstić information content (AvgIpc) is 3.23. The number of fused-ring (bicyclic) bond motifs is 2. The lowest BCUT2D eigenvalue weighted by molar-refractivity contribution is 0.157. The molecule has 1 aliphatic heterocycles. The van der Waals surface area contributed by atoms with Crippen molar-refractivity contribution in [3.63, 3.8) is 0 Å². The molecule has 4 aromatic rings. The summed E-state index contributed by atoms with van der Waals surface area (Å²) in [7, 11) is 0. The zero-order chi connectivity index (χ0) is 24.5. The van der Waals surface area contributed by atoms with Crippen LogP contribution in [0.1, 0.15) is 23.7 Å². The third kappa shape index (κ3) is 4.40. The summed E-state index contributed by atoms with van der Waals surface area (Å²) in [6.45, 7) is 1.97. The Labute approximate surface area is 198 Å². The molecule has 0 aliphatic carbocycles. The van der Waals surface area contributed by atoms with Gasteiger partial charge in [-0.15, -0.1) is 0 Å². The number of aromatic nitrogens is 2. The van der Waals surface area contributed by atoms with Gasteiger partial charge in [-0.25, -0.2) is 23.7 Å². The van der Waals surface area contributed by atoms with E-state index in [-0.39, 0.29) is 23.8 Å². The molecule has 0 unspecified atom stereocenters. The van der Waals surface area contributed by atoms with Gasteiger partial charge >= 0.3 is 6.09 Å². The van der Waals surface area contributed by atoms with Gasteiger partial charge in [0.25, 0.3) is 5.56 Å². The highest BCUT2D eigenvalue weighted by Crippen LogP contribution is 2.33. The van der Waals surface area contributed by atoms with Crippen molar-refractivity contribution in [1.82, 2.24) is 15.5 Å². The summed E-state index contributed by atoms with van der Waals surface area (Å²) in [6, 6.07) is 14.3. The molecule has 7 nitrogen and oxygen atoms in total. The predicted octanol–water partition coefficient (Wildman–Crippen LogP) is 4.79. The number of aromatic amines is 1. The van der Waals surface area contributed by atoms with Gasteiger partial charge in [-0.2, -0.15) is 5.10 Å². The van der Waals surface area contributed by atoms with Crippen LogP contribution < -0.4 is 10.9 Å². The van der Waals surface area contributed by atoms with Gasteiger partial charge in [0, 0.05) is 23.8 Å². The molecule has 0 radical (unpaired) electrons. The highest BCUT2D eigenvalue weighted by Gasteiger charge is 2.19. The maximum absolute atomic E-state index is 14.8. The molecule has 0 spiro atoms. The highest BCUT2D eigenvalue weighted by molar-refractivity contribution is 6.01. The summed E-state index contributed by atoms with van der Waals surface area (Å²) in [5.74, 6) is -0.504. The highest BCUT2D eigenvalue weighted by atomic mass is 19.1. The largest absolute Gasteiger partial charge is 0.450 e. The van der Waals surface area contributed by atoms with Crippen LogP contribution in [0, 0.1) is 11.6 Å². The molecule has 2 N–H and O–H groups in total. The van der Waals surface area contributed by atoms with Gasteiger partial charge < -0.3 is 4.74 Å². The van der Waals surface area contributed by atoms with E-state index in [1.54, 1.807) is 31.2 Å². The number of carbonyl (C=O) groups is 1. The van der Waals surface area contributed by atoms with Crippen molar-refractivity contribution in [2.24, 2.45) is 4.99 Å². The number of halogens is 2. The third-order valence-corrected chi connectivity index (χ3v) is 5.77. The van der Waals surface area contributed by atoms with Crippen molar-refractivity contribution >= 4 is 28.4 Å². The summed E-state index contributed by atoms with van der Waals surface area (Å²) in [4.78, 5) is 28.2. The van der Waals surface area contributed by atoms with Crippen LogP contribution in [0.2, 0.25) is 0 Å². The van der Waals surface area contributed by atoms with E-state index < -0.39 is 23.3 Å². The zero-order valence-corrected chi connectivity index (χ0v) is 18.7. The van der Waals surface area contributed by atoms with E-state index in [9.17, 15) is 18.4 Å². The number of alkyl carbamates (subject to hydrolysis) is 1. The molecule has 2 heterocycles. The molecule has 9 heteroatoms. The first-order chi connectivity index (χ1) is 16.9. The molecule has 1 amide bonds. The standard InChI is InChI=1S/C26H20F2N4O3/c1-2-35-26(34)30-23-13-16-8-7-15(12-21(16)29-23)18-10-14(6-9-19(18)27)11-22-24-17(25(33)32-31-22)4-3-5-20(24)28/h3-10,12H,2,11,13H2,1H3,(H,32,33)(H,29,30,34). The quantitative estimate of drug-likeness (QED) is 0.445. The number of amides is 1. The van der Waals surface area contributed by atoms with E-state index in [0.717, 1.165) is 5.56 Å². The van der Waals surface area contributed by atoms with Crippen LogP contribution >= 0.6 is 0 Å². The van der Waals surface area contributed by atoms with Crippen molar-refractivity contribution in [2.75, 3.05) is 6.61 Å². The van der Waals surface area contributed by atoms with Crippen LogP contribution in [-0.2, 0) is 17.6 Å². The maximum Gasteiger partial charge on any atom is 0.412 e. The van der Waals surface area contributed by atoms with Crippen LogP contribution in [0.4, 0.5) is 19.3 Å². The first-order valence-corrected chi connectivity index (χ1v) is 11.0.